The van der Waals surface area contributed by atoms with Gasteiger partial charge in [0, 0.05) is 12.0 Å². The van der Waals surface area contributed by atoms with E-state index in [-0.39, 0.29) is 11.2 Å². The smallest absolute Gasteiger partial charge is 0.164 e. The van der Waals surface area contributed by atoms with Crippen LogP contribution in [0.15, 0.2) is 12.1 Å². The first-order valence-corrected chi connectivity index (χ1v) is 6.23. The van der Waals surface area contributed by atoms with E-state index in [0.29, 0.717) is 18.5 Å². The van der Waals surface area contributed by atoms with Crippen LogP contribution in [-0.2, 0) is 5.41 Å². The van der Waals surface area contributed by atoms with E-state index in [1.165, 1.54) is 0 Å². The summed E-state index contributed by atoms with van der Waals surface area (Å²) in [6.45, 7) is 8.73. The van der Waals surface area contributed by atoms with E-state index in [1.807, 2.05) is 19.1 Å². The number of ether oxygens (including phenoxy) is 1. The topological polar surface area (TPSA) is 52.3 Å². The molecule has 0 saturated heterocycles. The highest BCUT2D eigenvalue weighted by atomic mass is 16.5. The molecule has 1 rings (SSSR count). The Morgan fingerprint density at radius 1 is 1.33 bits per heavy atom. The number of nitrogens with two attached hydrogens (primary N) is 1. The van der Waals surface area contributed by atoms with E-state index in [9.17, 15) is 4.79 Å². The highest BCUT2D eigenvalue weighted by Crippen LogP contribution is 2.33. The Kier molecular flexibility index (Phi) is 4.52. The number of aryl methyl sites for hydroxylation is 1. The van der Waals surface area contributed by atoms with Crippen LogP contribution in [0.4, 0.5) is 0 Å². The summed E-state index contributed by atoms with van der Waals surface area (Å²) in [5, 5.41) is 0. The molecule has 0 bridgehead atoms. The first-order valence-electron chi connectivity index (χ1n) is 6.23. The third-order valence-corrected chi connectivity index (χ3v) is 3.03. The molecule has 1 aromatic carbocycles. The first-order chi connectivity index (χ1) is 8.31. The fourth-order valence-corrected chi connectivity index (χ4v) is 2.01. The lowest BCUT2D eigenvalue weighted by Gasteiger charge is -2.23. The van der Waals surface area contributed by atoms with E-state index < -0.39 is 0 Å². The fourth-order valence-electron chi connectivity index (χ4n) is 2.01. The van der Waals surface area contributed by atoms with E-state index in [2.05, 4.69) is 20.8 Å². The summed E-state index contributed by atoms with van der Waals surface area (Å²) in [5.74, 6) is 0.849. The SMILES string of the molecule is COc1cc(C(=O)CCN)c(C)cc1C(C)(C)C. The normalized spacial score (nSPS) is 11.4. The largest absolute Gasteiger partial charge is 0.496 e. The number of methoxy groups -OCH3 is 1. The molecule has 100 valence electrons. The Bertz CT molecular complexity index is 445. The molecule has 0 spiro atoms. The Morgan fingerprint density at radius 2 is 1.94 bits per heavy atom. The van der Waals surface area contributed by atoms with Crippen molar-refractivity contribution in [2.45, 2.75) is 39.5 Å². The molecule has 3 heteroatoms. The molecule has 0 aromatic heterocycles. The third kappa shape index (κ3) is 3.10. The second-order valence-electron chi connectivity index (χ2n) is 5.58. The van der Waals surface area contributed by atoms with Gasteiger partial charge in [0.25, 0.3) is 0 Å². The van der Waals surface area contributed by atoms with Gasteiger partial charge in [-0.3, -0.25) is 4.79 Å². The Morgan fingerprint density at radius 3 is 2.39 bits per heavy atom. The molecule has 0 radical (unpaired) electrons. The van der Waals surface area contributed by atoms with E-state index in [1.54, 1.807) is 7.11 Å². The average Bonchev–Trinajstić information content (AvgIpc) is 2.27. The standard InChI is InChI=1S/C15H23NO2/c1-10-8-12(15(2,3)4)14(18-5)9-11(10)13(17)6-7-16/h8-9H,6-7,16H2,1-5H3. The second-order valence-corrected chi connectivity index (χ2v) is 5.58. The van der Waals surface area contributed by atoms with Crippen molar-refractivity contribution in [1.29, 1.82) is 0 Å². The van der Waals surface area contributed by atoms with Gasteiger partial charge in [-0.1, -0.05) is 26.8 Å². The second kappa shape index (κ2) is 5.53. The number of carbonyl (C=O) groups excluding carboxylic acids is 1. The van der Waals surface area contributed by atoms with Gasteiger partial charge in [-0.25, -0.2) is 0 Å². The number of carbonyl (C=O) groups is 1. The van der Waals surface area contributed by atoms with E-state index in [4.69, 9.17) is 10.5 Å². The van der Waals surface area contributed by atoms with Crippen molar-refractivity contribution < 1.29 is 9.53 Å². The molecule has 0 fully saturated rings. The minimum atomic E-state index is -0.00838. The molecule has 1 aromatic rings. The van der Waals surface area contributed by atoms with Crippen molar-refractivity contribution in [2.75, 3.05) is 13.7 Å². The molecule has 0 atom stereocenters. The third-order valence-electron chi connectivity index (χ3n) is 3.03. The Balaban J connectivity index is 3.31. The quantitative estimate of drug-likeness (QED) is 0.835. The zero-order valence-corrected chi connectivity index (χ0v) is 12.0. The molecule has 0 heterocycles. The fraction of sp³-hybridized carbons (Fsp3) is 0.533. The summed E-state index contributed by atoms with van der Waals surface area (Å²) in [4.78, 5) is 12.0. The maximum atomic E-state index is 12.0. The minimum Gasteiger partial charge on any atom is -0.496 e. The lowest BCUT2D eigenvalue weighted by atomic mass is 9.84. The molecule has 0 aliphatic carbocycles. The van der Waals surface area contributed by atoms with Crippen LogP contribution in [0.5, 0.6) is 5.75 Å². The Hall–Kier alpha value is -1.35. The molecule has 0 amide bonds. The summed E-state index contributed by atoms with van der Waals surface area (Å²) in [5.41, 5.74) is 8.24. The van der Waals surface area contributed by atoms with Gasteiger partial charge in [-0.15, -0.1) is 0 Å². The molecule has 18 heavy (non-hydrogen) atoms. The maximum Gasteiger partial charge on any atom is 0.164 e. The zero-order chi connectivity index (χ0) is 13.9. The highest BCUT2D eigenvalue weighted by Gasteiger charge is 2.21. The van der Waals surface area contributed by atoms with Crippen LogP contribution in [-0.4, -0.2) is 19.4 Å². The molecule has 2 N–H and O–H groups in total. The van der Waals surface area contributed by atoms with Crippen LogP contribution in [0.2, 0.25) is 0 Å². The first kappa shape index (κ1) is 14.7. The van der Waals surface area contributed by atoms with Crippen molar-refractivity contribution in [1.82, 2.24) is 0 Å². The van der Waals surface area contributed by atoms with E-state index >= 15 is 0 Å². The van der Waals surface area contributed by atoms with Crippen LogP contribution in [0, 0.1) is 6.92 Å². The number of hydrogen-bond donors (Lipinski definition) is 1. The predicted octanol–water partition coefficient (Wildman–Crippen LogP) is 2.83. The van der Waals surface area contributed by atoms with Crippen molar-refractivity contribution in [3.05, 3.63) is 28.8 Å². The molecular weight excluding hydrogens is 226 g/mol. The highest BCUT2D eigenvalue weighted by molar-refractivity contribution is 5.98. The lowest BCUT2D eigenvalue weighted by molar-refractivity contribution is 0.0984. The predicted molar refractivity (Wildman–Crippen MR) is 74.4 cm³/mol. The van der Waals surface area contributed by atoms with Crippen LogP contribution >= 0.6 is 0 Å². The maximum absolute atomic E-state index is 12.0. The zero-order valence-electron chi connectivity index (χ0n) is 12.0. The molecule has 0 saturated carbocycles. The number of hydrogen-bond acceptors (Lipinski definition) is 3. The van der Waals surface area contributed by atoms with Crippen molar-refractivity contribution in [3.8, 4) is 5.75 Å². The van der Waals surface area contributed by atoms with Crippen molar-refractivity contribution in [2.24, 2.45) is 5.73 Å². The molecule has 0 aliphatic rings. The van der Waals surface area contributed by atoms with Crippen LogP contribution in [0.3, 0.4) is 0 Å². The van der Waals surface area contributed by atoms with Gasteiger partial charge in [0.1, 0.15) is 5.75 Å². The lowest BCUT2D eigenvalue weighted by Crippen LogP contribution is -2.15. The molecular formula is C15H23NO2. The summed E-state index contributed by atoms with van der Waals surface area (Å²) in [6.07, 6.45) is 0.374. The van der Waals surface area contributed by atoms with E-state index in [0.717, 1.165) is 16.9 Å². The molecule has 3 nitrogen and oxygen atoms in total. The monoisotopic (exact) mass is 249 g/mol. The average molecular weight is 249 g/mol. The van der Waals surface area contributed by atoms with Crippen molar-refractivity contribution >= 4 is 5.78 Å². The minimum absolute atomic E-state index is 0.00838. The van der Waals surface area contributed by atoms with Gasteiger partial charge < -0.3 is 10.5 Å². The van der Waals surface area contributed by atoms with Gasteiger partial charge in [0.15, 0.2) is 5.78 Å². The van der Waals surface area contributed by atoms with Gasteiger partial charge >= 0.3 is 0 Å². The summed E-state index contributed by atoms with van der Waals surface area (Å²) < 4.78 is 5.41. The van der Waals surface area contributed by atoms with Gasteiger partial charge in [0.2, 0.25) is 0 Å². The Labute approximate surface area is 109 Å². The number of Topliss-reactive ketones (excluding diaryl/α,β-unsaturated/α-hetero) is 1. The number of ketones is 1. The van der Waals surface area contributed by atoms with Gasteiger partial charge in [-0.05, 0) is 36.1 Å². The van der Waals surface area contributed by atoms with Gasteiger partial charge in [-0.2, -0.15) is 0 Å². The van der Waals surface area contributed by atoms with Crippen LogP contribution in [0.1, 0.15) is 48.7 Å². The number of benzene rings is 1. The summed E-state index contributed by atoms with van der Waals surface area (Å²) >= 11 is 0. The van der Waals surface area contributed by atoms with Crippen molar-refractivity contribution in [3.63, 3.8) is 0 Å². The number of rotatable bonds is 4. The van der Waals surface area contributed by atoms with Crippen LogP contribution in [0.25, 0.3) is 0 Å². The molecule has 0 aliphatic heterocycles. The van der Waals surface area contributed by atoms with Crippen LogP contribution < -0.4 is 10.5 Å². The summed E-state index contributed by atoms with van der Waals surface area (Å²) in [6, 6.07) is 3.89. The molecule has 0 unspecified atom stereocenters. The summed E-state index contributed by atoms with van der Waals surface area (Å²) in [7, 11) is 1.64. The van der Waals surface area contributed by atoms with Gasteiger partial charge in [0.05, 0.1) is 7.11 Å².